The van der Waals surface area contributed by atoms with E-state index in [1.165, 1.54) is 38.0 Å². The van der Waals surface area contributed by atoms with E-state index in [9.17, 15) is 0 Å². The molecule has 9 aromatic carbocycles. The van der Waals surface area contributed by atoms with Gasteiger partial charge < -0.3 is 8.98 Å². The van der Waals surface area contributed by atoms with Gasteiger partial charge in [0.05, 0.1) is 11.0 Å². The molecule has 0 aliphatic carbocycles. The summed E-state index contributed by atoms with van der Waals surface area (Å²) in [5.41, 5.74) is 9.99. The van der Waals surface area contributed by atoms with Crippen molar-refractivity contribution < 1.29 is 4.42 Å². The van der Waals surface area contributed by atoms with E-state index in [1.54, 1.807) is 0 Å². The first-order valence-corrected chi connectivity index (χ1v) is 19.5. The quantitative estimate of drug-likeness (QED) is 0.176. The molecular formula is C53H32N4O. The lowest BCUT2D eigenvalue weighted by Crippen LogP contribution is -2.00. The van der Waals surface area contributed by atoms with Gasteiger partial charge in [0.1, 0.15) is 11.2 Å². The van der Waals surface area contributed by atoms with Gasteiger partial charge in [0.15, 0.2) is 17.5 Å². The number of hydrogen-bond acceptors (Lipinski definition) is 4. The summed E-state index contributed by atoms with van der Waals surface area (Å²) in [5.74, 6) is 1.90. The normalized spacial score (nSPS) is 11.8. The Kier molecular flexibility index (Phi) is 7.16. The van der Waals surface area contributed by atoms with Gasteiger partial charge in [-0.2, -0.15) is 0 Å². The monoisotopic (exact) mass is 740 g/mol. The van der Waals surface area contributed by atoms with Crippen LogP contribution in [0.5, 0.6) is 0 Å². The minimum atomic E-state index is 0.622. The van der Waals surface area contributed by atoms with E-state index < -0.39 is 0 Å². The van der Waals surface area contributed by atoms with Crippen molar-refractivity contribution in [1.29, 1.82) is 0 Å². The summed E-state index contributed by atoms with van der Waals surface area (Å²) < 4.78 is 9.35. The second kappa shape index (κ2) is 12.8. The van der Waals surface area contributed by atoms with Gasteiger partial charge in [0.2, 0.25) is 0 Å². The minimum Gasteiger partial charge on any atom is -0.455 e. The smallest absolute Gasteiger partial charge is 0.164 e. The molecule has 5 heteroatoms. The number of hydrogen-bond donors (Lipinski definition) is 0. The molecule has 0 spiro atoms. The maximum atomic E-state index is 6.98. The van der Waals surface area contributed by atoms with Crippen molar-refractivity contribution >= 4 is 65.3 Å². The van der Waals surface area contributed by atoms with Gasteiger partial charge >= 0.3 is 0 Å². The molecule has 0 aliphatic heterocycles. The number of rotatable bonds is 5. The molecular weight excluding hydrogens is 709 g/mol. The van der Waals surface area contributed by atoms with Gasteiger partial charge in [-0.25, -0.2) is 15.0 Å². The van der Waals surface area contributed by atoms with Crippen LogP contribution in [0.15, 0.2) is 199 Å². The van der Waals surface area contributed by atoms with E-state index in [4.69, 9.17) is 19.4 Å². The molecule has 12 rings (SSSR count). The summed E-state index contributed by atoms with van der Waals surface area (Å²) in [6.45, 7) is 0. The van der Waals surface area contributed by atoms with Crippen LogP contribution >= 0.6 is 0 Å². The topological polar surface area (TPSA) is 56.7 Å². The van der Waals surface area contributed by atoms with Crippen molar-refractivity contribution in [3.05, 3.63) is 194 Å². The molecule has 0 unspecified atom stereocenters. The molecule has 270 valence electrons. The Morgan fingerprint density at radius 2 is 0.914 bits per heavy atom. The molecule has 0 N–H and O–H groups in total. The van der Waals surface area contributed by atoms with Crippen molar-refractivity contribution in [3.63, 3.8) is 0 Å². The number of furan rings is 1. The zero-order chi connectivity index (χ0) is 38.2. The molecule has 3 heterocycles. The Balaban J connectivity index is 1.02. The number of benzene rings is 9. The van der Waals surface area contributed by atoms with E-state index in [-0.39, 0.29) is 0 Å². The summed E-state index contributed by atoms with van der Waals surface area (Å²) in [6.07, 6.45) is 0. The fourth-order valence-corrected chi connectivity index (χ4v) is 8.64. The lowest BCUT2D eigenvalue weighted by molar-refractivity contribution is 0.670. The lowest BCUT2D eigenvalue weighted by atomic mass is 9.96. The van der Waals surface area contributed by atoms with Crippen LogP contribution in [-0.4, -0.2) is 19.5 Å². The summed E-state index contributed by atoms with van der Waals surface area (Å²) in [7, 11) is 0. The summed E-state index contributed by atoms with van der Waals surface area (Å²) in [4.78, 5) is 14.8. The molecule has 0 saturated carbocycles. The minimum absolute atomic E-state index is 0.622. The SMILES string of the molecule is c1ccc(-c2nc(-c3ccccc3)nc(-c3ccc(-c4cc5ccccc5c5c4oc4cc(-n6c7ccccc7c7cc8ccccc8cc76)ccc45)cc3)n2)cc1. The number of nitrogens with zero attached hydrogens (tertiary/aromatic N) is 4. The number of fused-ring (bicyclic) bond motifs is 9. The molecule has 0 aliphatic rings. The fourth-order valence-electron chi connectivity index (χ4n) is 8.64. The first kappa shape index (κ1) is 32.4. The van der Waals surface area contributed by atoms with Crippen LogP contribution in [0.2, 0.25) is 0 Å². The first-order valence-electron chi connectivity index (χ1n) is 19.5. The molecule has 0 radical (unpaired) electrons. The van der Waals surface area contributed by atoms with E-state index in [1.807, 2.05) is 60.7 Å². The molecule has 3 aromatic heterocycles. The van der Waals surface area contributed by atoms with Gasteiger partial charge in [-0.15, -0.1) is 0 Å². The van der Waals surface area contributed by atoms with Gasteiger partial charge in [-0.1, -0.05) is 152 Å². The lowest BCUT2D eigenvalue weighted by Gasteiger charge is -2.10. The molecule has 58 heavy (non-hydrogen) atoms. The van der Waals surface area contributed by atoms with Crippen LogP contribution in [0.25, 0.3) is 116 Å². The molecule has 0 bridgehead atoms. The van der Waals surface area contributed by atoms with Crippen LogP contribution in [0, 0.1) is 0 Å². The summed E-state index contributed by atoms with van der Waals surface area (Å²) in [6, 6.07) is 68.0. The van der Waals surface area contributed by atoms with Gasteiger partial charge in [-0.3, -0.25) is 0 Å². The van der Waals surface area contributed by atoms with Gasteiger partial charge in [0, 0.05) is 55.6 Å². The Hall–Kier alpha value is -7.89. The third kappa shape index (κ3) is 5.14. The van der Waals surface area contributed by atoms with Crippen molar-refractivity contribution in [3.8, 4) is 51.0 Å². The van der Waals surface area contributed by atoms with E-state index in [0.29, 0.717) is 17.5 Å². The predicted molar refractivity (Wildman–Crippen MR) is 238 cm³/mol. The van der Waals surface area contributed by atoms with Gasteiger partial charge in [-0.05, 0) is 63.5 Å². The second-order valence-electron chi connectivity index (χ2n) is 14.8. The highest BCUT2D eigenvalue weighted by atomic mass is 16.3. The number of para-hydroxylation sites is 1. The number of aromatic nitrogens is 4. The Morgan fingerprint density at radius 1 is 0.362 bits per heavy atom. The maximum Gasteiger partial charge on any atom is 0.164 e. The van der Waals surface area contributed by atoms with Crippen molar-refractivity contribution in [1.82, 2.24) is 19.5 Å². The zero-order valence-electron chi connectivity index (χ0n) is 31.2. The van der Waals surface area contributed by atoms with Crippen LogP contribution in [0.3, 0.4) is 0 Å². The fraction of sp³-hybridized carbons (Fsp3) is 0. The Morgan fingerprint density at radius 3 is 1.60 bits per heavy atom. The highest BCUT2D eigenvalue weighted by Crippen LogP contribution is 2.43. The van der Waals surface area contributed by atoms with Crippen LogP contribution in [0.1, 0.15) is 0 Å². The Bertz CT molecular complexity index is 3490. The summed E-state index contributed by atoms with van der Waals surface area (Å²) in [5, 5.41) is 9.45. The molecule has 0 atom stereocenters. The van der Waals surface area contributed by atoms with E-state index in [0.717, 1.165) is 60.8 Å². The first-order chi connectivity index (χ1) is 28.7. The van der Waals surface area contributed by atoms with Crippen LogP contribution in [-0.2, 0) is 0 Å². The largest absolute Gasteiger partial charge is 0.455 e. The second-order valence-corrected chi connectivity index (χ2v) is 14.8. The van der Waals surface area contributed by atoms with E-state index >= 15 is 0 Å². The molecule has 0 fully saturated rings. The average molecular weight is 741 g/mol. The Labute approximate surface area is 333 Å². The van der Waals surface area contributed by atoms with E-state index in [2.05, 4.69) is 138 Å². The molecule has 5 nitrogen and oxygen atoms in total. The zero-order valence-corrected chi connectivity index (χ0v) is 31.2. The third-order valence-electron chi connectivity index (χ3n) is 11.4. The average Bonchev–Trinajstić information content (AvgIpc) is 3.84. The van der Waals surface area contributed by atoms with Crippen LogP contribution < -0.4 is 0 Å². The van der Waals surface area contributed by atoms with Crippen molar-refractivity contribution in [2.45, 2.75) is 0 Å². The highest BCUT2D eigenvalue weighted by molar-refractivity contribution is 6.23. The van der Waals surface area contributed by atoms with Crippen molar-refractivity contribution in [2.24, 2.45) is 0 Å². The maximum absolute atomic E-state index is 6.98. The molecule has 0 amide bonds. The standard InChI is InChI=1S/C53H32N4O/c1-3-13-34(14-4-1)51-54-52(35-15-5-2-6-16-35)56-53(55-51)36-25-23-33(24-26-36)44-30-39-19-9-10-20-41(39)49-43-28-27-40(32-48(43)58-50(44)49)57-46-22-12-11-21-42(46)45-29-37-17-7-8-18-38(37)31-47(45)57/h1-32H. The highest BCUT2D eigenvalue weighted by Gasteiger charge is 2.20. The van der Waals surface area contributed by atoms with Gasteiger partial charge in [0.25, 0.3) is 0 Å². The van der Waals surface area contributed by atoms with Crippen molar-refractivity contribution in [2.75, 3.05) is 0 Å². The van der Waals surface area contributed by atoms with Crippen LogP contribution in [0.4, 0.5) is 0 Å². The predicted octanol–water partition coefficient (Wildman–Crippen LogP) is 13.8. The molecule has 12 aromatic rings. The third-order valence-corrected chi connectivity index (χ3v) is 11.4. The summed E-state index contributed by atoms with van der Waals surface area (Å²) >= 11 is 0. The molecule has 0 saturated heterocycles.